The Morgan fingerprint density at radius 3 is 2.21 bits per heavy atom. The highest BCUT2D eigenvalue weighted by Crippen LogP contribution is 2.30. The van der Waals surface area contributed by atoms with Gasteiger partial charge in [-0.1, -0.05) is 36.4 Å². The van der Waals surface area contributed by atoms with Crippen LogP contribution in [0, 0.1) is 11.3 Å². The maximum atomic E-state index is 12.4. The number of ether oxygens (including phenoxy) is 3. The van der Waals surface area contributed by atoms with Gasteiger partial charge in [0.05, 0.1) is 31.4 Å². The second-order valence-corrected chi connectivity index (χ2v) is 6.06. The van der Waals surface area contributed by atoms with Crippen molar-refractivity contribution in [2.24, 2.45) is 0 Å². The molecular formula is C24H19NO4. The molecule has 0 bridgehead atoms. The number of rotatable bonds is 6. The van der Waals surface area contributed by atoms with Gasteiger partial charge >= 0.3 is 5.97 Å². The zero-order valence-corrected chi connectivity index (χ0v) is 16.1. The molecule has 0 aliphatic carbocycles. The van der Waals surface area contributed by atoms with Gasteiger partial charge in [0.2, 0.25) is 0 Å². The summed E-state index contributed by atoms with van der Waals surface area (Å²) in [6.07, 6.45) is 1.76. The number of carbonyl (C=O) groups excluding carboxylic acids is 1. The van der Waals surface area contributed by atoms with E-state index in [1.807, 2.05) is 30.3 Å². The monoisotopic (exact) mass is 385 g/mol. The minimum Gasteiger partial charge on any atom is -0.497 e. The standard InChI is InChI=1S/C24H19NO4/c1-27-21-11-9-19(10-12-21)24(26)29-22-13-8-17(15-23(22)28-2)14-20(16-25)18-6-4-3-5-7-18/h3-15H,1-2H3/b20-14-. The minimum atomic E-state index is -0.503. The molecule has 0 amide bonds. The molecule has 0 saturated heterocycles. The lowest BCUT2D eigenvalue weighted by Gasteiger charge is -2.10. The number of methoxy groups -OCH3 is 2. The van der Waals surface area contributed by atoms with E-state index in [9.17, 15) is 10.1 Å². The normalized spacial score (nSPS) is 10.7. The molecule has 3 rings (SSSR count). The van der Waals surface area contributed by atoms with Gasteiger partial charge in [0.15, 0.2) is 11.5 Å². The van der Waals surface area contributed by atoms with E-state index in [-0.39, 0.29) is 0 Å². The third-order valence-corrected chi connectivity index (χ3v) is 4.23. The van der Waals surface area contributed by atoms with E-state index in [2.05, 4.69) is 6.07 Å². The van der Waals surface area contributed by atoms with Crippen molar-refractivity contribution in [3.05, 3.63) is 89.5 Å². The summed E-state index contributed by atoms with van der Waals surface area (Å²) < 4.78 is 15.9. The zero-order chi connectivity index (χ0) is 20.6. The first-order valence-corrected chi connectivity index (χ1v) is 8.86. The number of carbonyl (C=O) groups is 1. The van der Waals surface area contributed by atoms with Crippen molar-refractivity contribution in [1.82, 2.24) is 0 Å². The van der Waals surface area contributed by atoms with Gasteiger partial charge in [-0.05, 0) is 53.6 Å². The summed E-state index contributed by atoms with van der Waals surface area (Å²) in [7, 11) is 3.06. The second kappa shape index (κ2) is 9.25. The van der Waals surface area contributed by atoms with Crippen molar-refractivity contribution < 1.29 is 19.0 Å². The van der Waals surface area contributed by atoms with Crippen LogP contribution in [0.15, 0.2) is 72.8 Å². The highest BCUT2D eigenvalue weighted by Gasteiger charge is 2.13. The molecule has 29 heavy (non-hydrogen) atoms. The van der Waals surface area contributed by atoms with Crippen molar-refractivity contribution in [3.8, 4) is 23.3 Å². The Morgan fingerprint density at radius 2 is 1.59 bits per heavy atom. The molecule has 5 heteroatoms. The molecular weight excluding hydrogens is 366 g/mol. The molecule has 5 nitrogen and oxygen atoms in total. The fourth-order valence-corrected chi connectivity index (χ4v) is 2.71. The fourth-order valence-electron chi connectivity index (χ4n) is 2.71. The Bertz CT molecular complexity index is 1060. The Hall–Kier alpha value is -4.04. The molecule has 0 radical (unpaired) electrons. The molecule has 0 N–H and O–H groups in total. The summed E-state index contributed by atoms with van der Waals surface area (Å²) in [5.41, 5.74) is 2.50. The second-order valence-electron chi connectivity index (χ2n) is 6.06. The van der Waals surface area contributed by atoms with E-state index < -0.39 is 5.97 Å². The molecule has 3 aromatic rings. The number of nitrogens with zero attached hydrogens (tertiary/aromatic N) is 1. The quantitative estimate of drug-likeness (QED) is 0.259. The van der Waals surface area contributed by atoms with Crippen molar-refractivity contribution in [2.45, 2.75) is 0 Å². The molecule has 0 heterocycles. The van der Waals surface area contributed by atoms with Crippen LogP contribution in [0.5, 0.6) is 17.2 Å². The van der Waals surface area contributed by atoms with E-state index in [0.717, 1.165) is 11.1 Å². The molecule has 0 unspecified atom stereocenters. The summed E-state index contributed by atoms with van der Waals surface area (Å²) in [5, 5.41) is 9.48. The molecule has 144 valence electrons. The summed E-state index contributed by atoms with van der Waals surface area (Å²) in [6.45, 7) is 0. The van der Waals surface area contributed by atoms with Crippen LogP contribution in [0.3, 0.4) is 0 Å². The van der Waals surface area contributed by atoms with E-state index in [1.165, 1.54) is 7.11 Å². The molecule has 0 fully saturated rings. The van der Waals surface area contributed by atoms with Crippen molar-refractivity contribution in [2.75, 3.05) is 14.2 Å². The zero-order valence-electron chi connectivity index (χ0n) is 16.1. The number of hydrogen-bond donors (Lipinski definition) is 0. The smallest absolute Gasteiger partial charge is 0.343 e. The Morgan fingerprint density at radius 1 is 0.862 bits per heavy atom. The number of esters is 1. The Kier molecular flexibility index (Phi) is 6.29. The van der Waals surface area contributed by atoms with Crippen LogP contribution in [0.1, 0.15) is 21.5 Å². The van der Waals surface area contributed by atoms with Crippen LogP contribution in [-0.4, -0.2) is 20.2 Å². The molecule has 0 aliphatic rings. The molecule has 0 spiro atoms. The summed E-state index contributed by atoms with van der Waals surface area (Å²) in [5.74, 6) is 0.841. The van der Waals surface area contributed by atoms with Gasteiger partial charge in [-0.25, -0.2) is 4.79 Å². The summed E-state index contributed by atoms with van der Waals surface area (Å²) >= 11 is 0. The van der Waals surface area contributed by atoms with Crippen LogP contribution in [0.4, 0.5) is 0 Å². The van der Waals surface area contributed by atoms with Gasteiger partial charge in [-0.2, -0.15) is 5.26 Å². The van der Waals surface area contributed by atoms with Gasteiger partial charge < -0.3 is 14.2 Å². The SMILES string of the molecule is COc1ccc(C(=O)Oc2ccc(/C=C(/C#N)c3ccccc3)cc2OC)cc1. The first kappa shape index (κ1) is 19.7. The Balaban J connectivity index is 1.84. The van der Waals surface area contributed by atoms with Gasteiger partial charge in [0.1, 0.15) is 5.75 Å². The van der Waals surface area contributed by atoms with E-state index >= 15 is 0 Å². The van der Waals surface area contributed by atoms with E-state index in [0.29, 0.717) is 28.4 Å². The van der Waals surface area contributed by atoms with Crippen LogP contribution in [-0.2, 0) is 0 Å². The summed E-state index contributed by atoms with van der Waals surface area (Å²) in [4.78, 5) is 12.4. The van der Waals surface area contributed by atoms with Gasteiger partial charge in [-0.15, -0.1) is 0 Å². The first-order chi connectivity index (χ1) is 14.1. The largest absolute Gasteiger partial charge is 0.497 e. The number of benzene rings is 3. The molecule has 0 aliphatic heterocycles. The highest BCUT2D eigenvalue weighted by atomic mass is 16.6. The molecule has 3 aromatic carbocycles. The topological polar surface area (TPSA) is 68.5 Å². The average Bonchev–Trinajstić information content (AvgIpc) is 2.78. The van der Waals surface area contributed by atoms with Crippen molar-refractivity contribution in [3.63, 3.8) is 0 Å². The van der Waals surface area contributed by atoms with Crippen molar-refractivity contribution >= 4 is 17.6 Å². The Labute approximate surface area is 169 Å². The van der Waals surface area contributed by atoms with Crippen LogP contribution >= 0.6 is 0 Å². The third-order valence-electron chi connectivity index (χ3n) is 4.23. The van der Waals surface area contributed by atoms with Crippen LogP contribution < -0.4 is 14.2 Å². The van der Waals surface area contributed by atoms with E-state index in [1.54, 1.807) is 55.7 Å². The average molecular weight is 385 g/mol. The maximum absolute atomic E-state index is 12.4. The lowest BCUT2D eigenvalue weighted by atomic mass is 10.0. The highest BCUT2D eigenvalue weighted by molar-refractivity contribution is 5.92. The lowest BCUT2D eigenvalue weighted by molar-refractivity contribution is 0.0729. The van der Waals surface area contributed by atoms with Crippen LogP contribution in [0.2, 0.25) is 0 Å². The minimum absolute atomic E-state index is 0.295. The maximum Gasteiger partial charge on any atom is 0.343 e. The van der Waals surface area contributed by atoms with Gasteiger partial charge in [0, 0.05) is 0 Å². The van der Waals surface area contributed by atoms with Crippen LogP contribution in [0.25, 0.3) is 11.6 Å². The van der Waals surface area contributed by atoms with Gasteiger partial charge in [0.25, 0.3) is 0 Å². The van der Waals surface area contributed by atoms with Gasteiger partial charge in [-0.3, -0.25) is 0 Å². The third kappa shape index (κ3) is 4.82. The predicted molar refractivity (Wildman–Crippen MR) is 111 cm³/mol. The number of nitriles is 1. The van der Waals surface area contributed by atoms with Crippen molar-refractivity contribution in [1.29, 1.82) is 5.26 Å². The number of hydrogen-bond acceptors (Lipinski definition) is 5. The van der Waals surface area contributed by atoms with E-state index in [4.69, 9.17) is 14.2 Å². The molecule has 0 saturated carbocycles. The number of allylic oxidation sites excluding steroid dienone is 1. The predicted octanol–water partition coefficient (Wildman–Crippen LogP) is 4.99. The molecule has 0 atom stereocenters. The lowest BCUT2D eigenvalue weighted by Crippen LogP contribution is -2.09. The fraction of sp³-hybridized carbons (Fsp3) is 0.0833. The first-order valence-electron chi connectivity index (χ1n) is 8.86. The summed E-state index contributed by atoms with van der Waals surface area (Å²) in [6, 6.07) is 23.4. The molecule has 0 aromatic heterocycles.